The Kier molecular flexibility index (Phi) is 8.33. The van der Waals surface area contributed by atoms with Gasteiger partial charge in [-0.1, -0.05) is 6.92 Å². The summed E-state index contributed by atoms with van der Waals surface area (Å²) in [6.07, 6.45) is 2.02. The molecule has 0 radical (unpaired) electrons. The van der Waals surface area contributed by atoms with Crippen LogP contribution in [0.3, 0.4) is 0 Å². The summed E-state index contributed by atoms with van der Waals surface area (Å²) >= 11 is 0. The highest BCUT2D eigenvalue weighted by Crippen LogP contribution is 2.32. The van der Waals surface area contributed by atoms with Crippen molar-refractivity contribution in [1.29, 1.82) is 0 Å². The van der Waals surface area contributed by atoms with Gasteiger partial charge in [-0.2, -0.15) is 0 Å². The summed E-state index contributed by atoms with van der Waals surface area (Å²) in [5, 5.41) is 0. The minimum atomic E-state index is -1.18. The van der Waals surface area contributed by atoms with Crippen LogP contribution in [0.25, 0.3) is 0 Å². The molecule has 0 aliphatic carbocycles. The first-order valence-corrected chi connectivity index (χ1v) is 11.3. The Balaban J connectivity index is 1.59. The van der Waals surface area contributed by atoms with E-state index in [4.69, 9.17) is 9.47 Å². The number of hydrogen-bond donors (Lipinski definition) is 0. The maximum atomic E-state index is 13.4. The summed E-state index contributed by atoms with van der Waals surface area (Å²) in [7, 11) is 1.56. The normalized spacial score (nSPS) is 15.6. The number of esters is 1. The maximum Gasteiger partial charge on any atom is 0.306 e. The van der Waals surface area contributed by atoms with E-state index in [-0.39, 0.29) is 23.8 Å². The third kappa shape index (κ3) is 6.26. The summed E-state index contributed by atoms with van der Waals surface area (Å²) in [6.45, 7) is 3.58. The van der Waals surface area contributed by atoms with Crippen LogP contribution in [0.15, 0.2) is 48.5 Å². The number of carbonyl (C=O) groups is 3. The fourth-order valence-corrected chi connectivity index (χ4v) is 4.05. The molecule has 1 fully saturated rings. The van der Waals surface area contributed by atoms with E-state index in [1.54, 1.807) is 38.3 Å². The first-order chi connectivity index (χ1) is 15.9. The van der Waals surface area contributed by atoms with E-state index in [1.807, 2.05) is 0 Å². The first-order valence-electron chi connectivity index (χ1n) is 11.3. The van der Waals surface area contributed by atoms with Crippen LogP contribution in [-0.4, -0.2) is 54.8 Å². The van der Waals surface area contributed by atoms with E-state index in [1.165, 1.54) is 24.3 Å². The number of carbonyl (C=O) groups excluding carboxylic acids is 3. The van der Waals surface area contributed by atoms with Crippen molar-refractivity contribution in [3.05, 3.63) is 65.5 Å². The number of Topliss-reactive ketones (excluding diaryl/α,β-unsaturated/α-hetero) is 2. The van der Waals surface area contributed by atoms with Crippen LogP contribution in [0.1, 0.15) is 59.7 Å². The molecular formula is C26H30FNO5. The van der Waals surface area contributed by atoms with Gasteiger partial charge in [0.15, 0.2) is 11.4 Å². The van der Waals surface area contributed by atoms with Crippen LogP contribution in [-0.2, 0) is 9.53 Å². The van der Waals surface area contributed by atoms with E-state index in [9.17, 15) is 18.8 Å². The number of halogens is 1. The number of ether oxygens (including phenoxy) is 2. The van der Waals surface area contributed by atoms with Crippen molar-refractivity contribution in [2.75, 3.05) is 26.7 Å². The zero-order chi connectivity index (χ0) is 23.8. The molecule has 0 saturated carbocycles. The van der Waals surface area contributed by atoms with Crippen molar-refractivity contribution < 1.29 is 28.2 Å². The number of benzene rings is 2. The Morgan fingerprint density at radius 1 is 0.970 bits per heavy atom. The SMILES string of the molecule is CCC(=O)OC1(C(=O)c2ccc(OC)cc2)CCN(CCCC(=O)c2ccc(F)cc2)CC1. The van der Waals surface area contributed by atoms with Crippen molar-refractivity contribution in [3.8, 4) is 5.75 Å². The number of nitrogens with zero attached hydrogens (tertiary/aromatic N) is 1. The minimum absolute atomic E-state index is 0.0204. The fourth-order valence-electron chi connectivity index (χ4n) is 4.05. The molecule has 0 aromatic heterocycles. The standard InChI is InChI=1S/C26H30FNO5/c1-3-24(30)33-26(25(31)20-8-12-22(32-2)13-9-20)14-17-28(18-15-26)16-4-5-23(29)19-6-10-21(27)11-7-19/h6-13H,3-5,14-18H2,1-2H3. The van der Waals surface area contributed by atoms with E-state index in [0.717, 1.165) is 0 Å². The fraction of sp³-hybridized carbons (Fsp3) is 0.423. The van der Waals surface area contributed by atoms with Crippen LogP contribution >= 0.6 is 0 Å². The zero-order valence-corrected chi connectivity index (χ0v) is 19.1. The zero-order valence-electron chi connectivity index (χ0n) is 19.1. The Morgan fingerprint density at radius 3 is 2.15 bits per heavy atom. The quantitative estimate of drug-likeness (QED) is 0.389. The lowest BCUT2D eigenvalue weighted by atomic mass is 9.83. The van der Waals surface area contributed by atoms with Gasteiger partial charge in [0.05, 0.1) is 7.11 Å². The third-order valence-corrected chi connectivity index (χ3v) is 6.07. The van der Waals surface area contributed by atoms with Gasteiger partial charge in [0.1, 0.15) is 11.6 Å². The molecule has 33 heavy (non-hydrogen) atoms. The van der Waals surface area contributed by atoms with Crippen molar-refractivity contribution in [2.45, 2.75) is 44.6 Å². The van der Waals surface area contributed by atoms with Gasteiger partial charge in [-0.15, -0.1) is 0 Å². The lowest BCUT2D eigenvalue weighted by Crippen LogP contribution is -2.52. The van der Waals surface area contributed by atoms with Crippen molar-refractivity contribution in [1.82, 2.24) is 4.90 Å². The molecule has 0 spiro atoms. The highest BCUT2D eigenvalue weighted by atomic mass is 19.1. The second kappa shape index (κ2) is 11.2. The van der Waals surface area contributed by atoms with Gasteiger partial charge in [0, 0.05) is 49.9 Å². The molecule has 0 bridgehead atoms. The van der Waals surface area contributed by atoms with E-state index in [2.05, 4.69) is 4.90 Å². The van der Waals surface area contributed by atoms with Crippen LogP contribution in [0.4, 0.5) is 4.39 Å². The van der Waals surface area contributed by atoms with E-state index < -0.39 is 11.6 Å². The largest absolute Gasteiger partial charge is 0.497 e. The lowest BCUT2D eigenvalue weighted by molar-refractivity contribution is -0.158. The molecule has 0 amide bonds. The number of likely N-dealkylation sites (tertiary alicyclic amines) is 1. The van der Waals surface area contributed by atoms with Gasteiger partial charge in [0.25, 0.3) is 0 Å². The Morgan fingerprint density at radius 2 is 1.58 bits per heavy atom. The second-order valence-corrected chi connectivity index (χ2v) is 8.25. The van der Waals surface area contributed by atoms with Crippen LogP contribution in [0.2, 0.25) is 0 Å². The van der Waals surface area contributed by atoms with Crippen LogP contribution in [0.5, 0.6) is 5.75 Å². The predicted molar refractivity (Wildman–Crippen MR) is 122 cm³/mol. The molecule has 176 valence electrons. The molecule has 2 aromatic rings. The number of rotatable bonds is 10. The average molecular weight is 456 g/mol. The van der Waals surface area contributed by atoms with Gasteiger partial charge >= 0.3 is 5.97 Å². The summed E-state index contributed by atoms with van der Waals surface area (Å²) in [5.74, 6) is -0.325. The first kappa shape index (κ1) is 24.6. The van der Waals surface area contributed by atoms with Crippen LogP contribution in [0, 0.1) is 5.82 Å². The van der Waals surface area contributed by atoms with Gasteiger partial charge in [-0.05, 0) is 61.5 Å². The second-order valence-electron chi connectivity index (χ2n) is 8.25. The maximum absolute atomic E-state index is 13.4. The summed E-state index contributed by atoms with van der Waals surface area (Å²) < 4.78 is 23.9. The van der Waals surface area contributed by atoms with Gasteiger partial charge in [-0.25, -0.2) is 4.39 Å². The predicted octanol–water partition coefficient (Wildman–Crippen LogP) is 4.47. The van der Waals surface area contributed by atoms with Gasteiger partial charge < -0.3 is 14.4 Å². The highest BCUT2D eigenvalue weighted by molar-refractivity contribution is 6.03. The molecule has 2 aromatic carbocycles. The minimum Gasteiger partial charge on any atom is -0.497 e. The number of hydrogen-bond acceptors (Lipinski definition) is 6. The molecule has 1 aliphatic heterocycles. The molecule has 1 aliphatic rings. The number of piperidine rings is 1. The van der Waals surface area contributed by atoms with Gasteiger partial charge in [-0.3, -0.25) is 14.4 Å². The molecular weight excluding hydrogens is 425 g/mol. The molecule has 6 nitrogen and oxygen atoms in total. The highest BCUT2D eigenvalue weighted by Gasteiger charge is 2.45. The molecule has 0 N–H and O–H groups in total. The molecule has 3 rings (SSSR count). The molecule has 0 unspecified atom stereocenters. The van der Waals surface area contributed by atoms with Crippen molar-refractivity contribution in [2.24, 2.45) is 0 Å². The summed E-state index contributed by atoms with van der Waals surface area (Å²) in [6, 6.07) is 12.4. The van der Waals surface area contributed by atoms with E-state index >= 15 is 0 Å². The van der Waals surface area contributed by atoms with E-state index in [0.29, 0.717) is 62.2 Å². The van der Waals surface area contributed by atoms with Gasteiger partial charge in [0.2, 0.25) is 5.78 Å². The Hall–Kier alpha value is -3.06. The Labute approximate surface area is 193 Å². The average Bonchev–Trinajstić information content (AvgIpc) is 2.85. The Bertz CT molecular complexity index is 963. The third-order valence-electron chi connectivity index (χ3n) is 6.07. The molecule has 1 heterocycles. The van der Waals surface area contributed by atoms with Crippen molar-refractivity contribution in [3.63, 3.8) is 0 Å². The van der Waals surface area contributed by atoms with Crippen LogP contribution < -0.4 is 4.74 Å². The summed E-state index contributed by atoms with van der Waals surface area (Å²) in [4.78, 5) is 40.0. The lowest BCUT2D eigenvalue weighted by Gasteiger charge is -2.40. The monoisotopic (exact) mass is 455 g/mol. The molecule has 1 saturated heterocycles. The topological polar surface area (TPSA) is 72.9 Å². The number of ketones is 2. The molecule has 7 heteroatoms. The summed E-state index contributed by atoms with van der Waals surface area (Å²) in [5.41, 5.74) is -0.189. The number of methoxy groups -OCH3 is 1. The molecule has 0 atom stereocenters. The smallest absolute Gasteiger partial charge is 0.306 e. The van der Waals surface area contributed by atoms with Crippen molar-refractivity contribution >= 4 is 17.5 Å².